The van der Waals surface area contributed by atoms with E-state index in [0.717, 1.165) is 13.0 Å². The minimum Gasteiger partial charge on any atom is -0.330 e. The molecule has 0 spiro atoms. The fourth-order valence-corrected chi connectivity index (χ4v) is 0.944. The first-order valence-corrected chi connectivity index (χ1v) is 4.50. The van der Waals surface area contributed by atoms with Gasteiger partial charge < -0.3 is 16.8 Å². The van der Waals surface area contributed by atoms with Crippen LogP contribution in [-0.2, 0) is 0 Å². The van der Waals surface area contributed by atoms with Crippen molar-refractivity contribution >= 4 is 0 Å². The maximum atomic E-state index is 5.68. The lowest BCUT2D eigenvalue weighted by Crippen LogP contribution is -2.39. The van der Waals surface area contributed by atoms with E-state index in [2.05, 4.69) is 12.2 Å². The summed E-state index contributed by atoms with van der Waals surface area (Å²) in [7, 11) is 0. The van der Waals surface area contributed by atoms with Crippen molar-refractivity contribution < 1.29 is 0 Å². The Morgan fingerprint density at radius 1 is 1.36 bits per heavy atom. The van der Waals surface area contributed by atoms with Crippen molar-refractivity contribution in [2.24, 2.45) is 11.5 Å². The van der Waals surface area contributed by atoms with E-state index in [1.165, 1.54) is 19.3 Å². The van der Waals surface area contributed by atoms with Crippen LogP contribution in [0.25, 0.3) is 0 Å². The van der Waals surface area contributed by atoms with Gasteiger partial charge in [-0.1, -0.05) is 19.8 Å². The number of nitrogens with one attached hydrogen (secondary N) is 1. The lowest BCUT2D eigenvalue weighted by Gasteiger charge is -2.11. The predicted octanol–water partition coefficient (Wildman–Crippen LogP) is 0.400. The molecule has 0 aromatic heterocycles. The van der Waals surface area contributed by atoms with Crippen LogP contribution in [0.2, 0.25) is 0 Å². The molecule has 11 heavy (non-hydrogen) atoms. The molecule has 5 N–H and O–H groups in total. The van der Waals surface area contributed by atoms with Gasteiger partial charge in [0.05, 0.1) is 6.17 Å². The Balaban J connectivity index is 2.97. The molecule has 0 aromatic carbocycles. The molecule has 0 aliphatic rings. The second-order valence-corrected chi connectivity index (χ2v) is 2.85. The van der Waals surface area contributed by atoms with E-state index >= 15 is 0 Å². The Labute approximate surface area is 69.5 Å². The lowest BCUT2D eigenvalue weighted by atomic mass is 10.2. The van der Waals surface area contributed by atoms with Gasteiger partial charge in [-0.05, 0) is 25.9 Å². The van der Waals surface area contributed by atoms with Crippen LogP contribution in [0.4, 0.5) is 0 Å². The number of nitrogens with two attached hydrogens (primary N) is 2. The zero-order chi connectivity index (χ0) is 8.53. The van der Waals surface area contributed by atoms with Crippen LogP contribution in [0, 0.1) is 0 Å². The summed E-state index contributed by atoms with van der Waals surface area (Å²) in [6, 6.07) is 0. The molecule has 0 rings (SSSR count). The van der Waals surface area contributed by atoms with Gasteiger partial charge in [0, 0.05) is 0 Å². The number of hydrogen-bond donors (Lipinski definition) is 3. The van der Waals surface area contributed by atoms with Gasteiger partial charge in [0.1, 0.15) is 0 Å². The van der Waals surface area contributed by atoms with E-state index < -0.39 is 0 Å². The Morgan fingerprint density at radius 2 is 2.09 bits per heavy atom. The van der Waals surface area contributed by atoms with Crippen LogP contribution < -0.4 is 16.8 Å². The normalized spacial score (nSPS) is 13.4. The van der Waals surface area contributed by atoms with Crippen LogP contribution in [0.3, 0.4) is 0 Å². The molecular weight excluding hydrogens is 138 g/mol. The smallest absolute Gasteiger partial charge is 0.0558 e. The summed E-state index contributed by atoms with van der Waals surface area (Å²) in [4.78, 5) is 0. The highest BCUT2D eigenvalue weighted by atomic mass is 15.0. The molecule has 0 saturated heterocycles. The molecule has 0 heterocycles. The van der Waals surface area contributed by atoms with Gasteiger partial charge in [-0.2, -0.15) is 0 Å². The average molecular weight is 159 g/mol. The molecule has 0 saturated carbocycles. The minimum absolute atomic E-state index is 0.0943. The Morgan fingerprint density at radius 3 is 2.64 bits per heavy atom. The van der Waals surface area contributed by atoms with Gasteiger partial charge >= 0.3 is 0 Å². The summed E-state index contributed by atoms with van der Waals surface area (Å²) in [6.45, 7) is 3.89. The van der Waals surface area contributed by atoms with E-state index in [-0.39, 0.29) is 6.17 Å². The highest BCUT2D eigenvalue weighted by Gasteiger charge is 1.97. The van der Waals surface area contributed by atoms with Crippen LogP contribution in [-0.4, -0.2) is 19.3 Å². The molecule has 1 atom stereocenters. The summed E-state index contributed by atoms with van der Waals surface area (Å²) in [5.74, 6) is 0. The number of unbranched alkanes of at least 4 members (excludes halogenated alkanes) is 2. The summed E-state index contributed by atoms with van der Waals surface area (Å²) in [5, 5.41) is 3.22. The second kappa shape index (κ2) is 7.98. The fourth-order valence-electron chi connectivity index (χ4n) is 0.944. The first-order valence-electron chi connectivity index (χ1n) is 4.50. The molecule has 68 valence electrons. The predicted molar refractivity (Wildman–Crippen MR) is 49.2 cm³/mol. The third kappa shape index (κ3) is 7.78. The summed E-state index contributed by atoms with van der Waals surface area (Å²) >= 11 is 0. The second-order valence-electron chi connectivity index (χ2n) is 2.85. The summed E-state index contributed by atoms with van der Waals surface area (Å²) < 4.78 is 0. The topological polar surface area (TPSA) is 64.1 Å². The summed E-state index contributed by atoms with van der Waals surface area (Å²) in [5.41, 5.74) is 11.0. The SMILES string of the molecule is CCCCCNC(N)CCN. The van der Waals surface area contributed by atoms with Crippen molar-refractivity contribution in [1.29, 1.82) is 0 Å². The Bertz CT molecular complexity index is 75.7. The van der Waals surface area contributed by atoms with E-state index in [4.69, 9.17) is 11.5 Å². The highest BCUT2D eigenvalue weighted by molar-refractivity contribution is 4.58. The third-order valence-corrected chi connectivity index (χ3v) is 1.66. The van der Waals surface area contributed by atoms with E-state index in [1.54, 1.807) is 0 Å². The molecule has 0 aliphatic heterocycles. The monoisotopic (exact) mass is 159 g/mol. The Kier molecular flexibility index (Phi) is 7.89. The first kappa shape index (κ1) is 10.9. The molecule has 0 bridgehead atoms. The molecule has 1 unspecified atom stereocenters. The molecular formula is C8H21N3. The van der Waals surface area contributed by atoms with Gasteiger partial charge in [-0.15, -0.1) is 0 Å². The molecule has 0 amide bonds. The Hall–Kier alpha value is -0.120. The highest BCUT2D eigenvalue weighted by Crippen LogP contribution is 1.91. The number of hydrogen-bond acceptors (Lipinski definition) is 3. The van der Waals surface area contributed by atoms with Crippen LogP contribution in [0.15, 0.2) is 0 Å². The van der Waals surface area contributed by atoms with Crippen molar-refractivity contribution in [2.75, 3.05) is 13.1 Å². The van der Waals surface area contributed by atoms with Gasteiger partial charge in [0.25, 0.3) is 0 Å². The fraction of sp³-hybridized carbons (Fsp3) is 1.00. The van der Waals surface area contributed by atoms with Gasteiger partial charge in [-0.3, -0.25) is 0 Å². The molecule has 3 nitrogen and oxygen atoms in total. The van der Waals surface area contributed by atoms with Crippen molar-refractivity contribution in [1.82, 2.24) is 5.32 Å². The van der Waals surface area contributed by atoms with E-state index in [1.807, 2.05) is 0 Å². The molecule has 0 aromatic rings. The van der Waals surface area contributed by atoms with Crippen molar-refractivity contribution in [3.05, 3.63) is 0 Å². The standard InChI is InChI=1S/C8H21N3/c1-2-3-4-7-11-8(10)5-6-9/h8,11H,2-7,9-10H2,1H3. The van der Waals surface area contributed by atoms with E-state index in [9.17, 15) is 0 Å². The van der Waals surface area contributed by atoms with Crippen molar-refractivity contribution in [3.8, 4) is 0 Å². The quantitative estimate of drug-likeness (QED) is 0.372. The van der Waals surface area contributed by atoms with Crippen LogP contribution >= 0.6 is 0 Å². The maximum absolute atomic E-state index is 5.68. The molecule has 0 radical (unpaired) electrons. The molecule has 0 aliphatic carbocycles. The van der Waals surface area contributed by atoms with Crippen molar-refractivity contribution in [3.63, 3.8) is 0 Å². The minimum atomic E-state index is 0.0943. The van der Waals surface area contributed by atoms with E-state index in [0.29, 0.717) is 6.54 Å². The zero-order valence-corrected chi connectivity index (χ0v) is 7.47. The van der Waals surface area contributed by atoms with Crippen LogP contribution in [0.1, 0.15) is 32.6 Å². The van der Waals surface area contributed by atoms with Gasteiger partial charge in [0.2, 0.25) is 0 Å². The first-order chi connectivity index (χ1) is 5.31. The molecule has 0 fully saturated rings. The van der Waals surface area contributed by atoms with Crippen LogP contribution in [0.5, 0.6) is 0 Å². The maximum Gasteiger partial charge on any atom is 0.0558 e. The molecule has 3 heteroatoms. The van der Waals surface area contributed by atoms with Crippen molar-refractivity contribution in [2.45, 2.75) is 38.8 Å². The average Bonchev–Trinajstić information content (AvgIpc) is 1.99. The largest absolute Gasteiger partial charge is 0.330 e. The zero-order valence-electron chi connectivity index (χ0n) is 7.47. The summed E-state index contributed by atoms with van der Waals surface area (Å²) in [6.07, 6.45) is 4.72. The number of rotatable bonds is 7. The van der Waals surface area contributed by atoms with Gasteiger partial charge in [-0.25, -0.2) is 0 Å². The third-order valence-electron chi connectivity index (χ3n) is 1.66. The lowest BCUT2D eigenvalue weighted by molar-refractivity contribution is 0.486. The van der Waals surface area contributed by atoms with Gasteiger partial charge in [0.15, 0.2) is 0 Å².